The number of benzene rings is 1. The van der Waals surface area contributed by atoms with Crippen molar-refractivity contribution < 1.29 is 17.6 Å². The molecule has 7 nitrogen and oxygen atoms in total. The molecule has 2 fully saturated rings. The largest absolute Gasteiger partial charge is 0.370 e. The number of amides is 1. The van der Waals surface area contributed by atoms with Crippen molar-refractivity contribution in [3.8, 4) is 0 Å². The van der Waals surface area contributed by atoms with Crippen LogP contribution in [0.3, 0.4) is 0 Å². The summed E-state index contributed by atoms with van der Waals surface area (Å²) in [7, 11) is -1.87. The van der Waals surface area contributed by atoms with Crippen LogP contribution in [0, 0.1) is 5.82 Å². The molecule has 2 aliphatic rings. The molecule has 0 bridgehead atoms. The van der Waals surface area contributed by atoms with E-state index in [4.69, 9.17) is 0 Å². The second-order valence-corrected chi connectivity index (χ2v) is 10.2. The van der Waals surface area contributed by atoms with E-state index in [-0.39, 0.29) is 16.6 Å². The second kappa shape index (κ2) is 9.00. The molecule has 0 aliphatic carbocycles. The Labute approximate surface area is 183 Å². The number of hydrogen-bond acceptors (Lipinski definition) is 4. The third-order valence-corrected chi connectivity index (χ3v) is 7.99. The molecule has 3 heterocycles. The molecule has 1 amide bonds. The third-order valence-electron chi connectivity index (χ3n) is 6.13. The second-order valence-electron chi connectivity index (χ2n) is 8.25. The molecule has 0 radical (unpaired) electrons. The highest BCUT2D eigenvalue weighted by Crippen LogP contribution is 2.24. The highest BCUT2D eigenvalue weighted by molar-refractivity contribution is 7.89. The van der Waals surface area contributed by atoms with Gasteiger partial charge in [-0.1, -0.05) is 6.42 Å². The van der Waals surface area contributed by atoms with Gasteiger partial charge in [0, 0.05) is 58.2 Å². The number of rotatable bonds is 4. The SMILES string of the molecule is Cn1cc(S(=O)(=O)N2CCCCC2)cc1C(=O)N1CCCN(c2ccc(F)cc2)CC1. The Morgan fingerprint density at radius 2 is 1.61 bits per heavy atom. The Morgan fingerprint density at radius 1 is 0.903 bits per heavy atom. The number of carbonyl (C=O) groups excluding carboxylic acids is 1. The van der Waals surface area contributed by atoms with Crippen LogP contribution in [0.5, 0.6) is 0 Å². The van der Waals surface area contributed by atoms with E-state index in [1.807, 2.05) is 0 Å². The quantitative estimate of drug-likeness (QED) is 0.722. The summed E-state index contributed by atoms with van der Waals surface area (Å²) < 4.78 is 42.3. The summed E-state index contributed by atoms with van der Waals surface area (Å²) in [6, 6.07) is 7.90. The van der Waals surface area contributed by atoms with E-state index < -0.39 is 10.0 Å². The van der Waals surface area contributed by atoms with Gasteiger partial charge in [-0.05, 0) is 49.6 Å². The van der Waals surface area contributed by atoms with Crippen molar-refractivity contribution in [2.45, 2.75) is 30.6 Å². The van der Waals surface area contributed by atoms with E-state index >= 15 is 0 Å². The topological polar surface area (TPSA) is 65.9 Å². The van der Waals surface area contributed by atoms with Crippen LogP contribution in [-0.2, 0) is 17.1 Å². The lowest BCUT2D eigenvalue weighted by molar-refractivity contribution is 0.0757. The predicted molar refractivity (Wildman–Crippen MR) is 117 cm³/mol. The van der Waals surface area contributed by atoms with Crippen molar-refractivity contribution in [3.63, 3.8) is 0 Å². The molecule has 9 heteroatoms. The van der Waals surface area contributed by atoms with Gasteiger partial charge in [-0.25, -0.2) is 12.8 Å². The van der Waals surface area contributed by atoms with Crippen LogP contribution in [0.2, 0.25) is 0 Å². The molecule has 0 atom stereocenters. The maximum atomic E-state index is 13.2. The van der Waals surface area contributed by atoms with Crippen molar-refractivity contribution >= 4 is 21.6 Å². The van der Waals surface area contributed by atoms with Crippen molar-refractivity contribution in [1.29, 1.82) is 0 Å². The first-order valence-electron chi connectivity index (χ1n) is 10.8. The number of hydrogen-bond donors (Lipinski definition) is 0. The normalized spacial score (nSPS) is 18.8. The maximum Gasteiger partial charge on any atom is 0.270 e. The van der Waals surface area contributed by atoms with Crippen molar-refractivity contribution in [3.05, 3.63) is 48.0 Å². The average molecular weight is 449 g/mol. The van der Waals surface area contributed by atoms with Crippen LogP contribution in [0.25, 0.3) is 0 Å². The first kappa shape index (κ1) is 21.8. The van der Waals surface area contributed by atoms with E-state index in [9.17, 15) is 17.6 Å². The number of nitrogens with zero attached hydrogens (tertiary/aromatic N) is 4. The van der Waals surface area contributed by atoms with Crippen LogP contribution < -0.4 is 4.90 Å². The van der Waals surface area contributed by atoms with Crippen molar-refractivity contribution in [2.75, 3.05) is 44.2 Å². The smallest absolute Gasteiger partial charge is 0.270 e. The van der Waals surface area contributed by atoms with E-state index in [1.165, 1.54) is 22.5 Å². The van der Waals surface area contributed by atoms with Crippen LogP contribution in [0.4, 0.5) is 10.1 Å². The van der Waals surface area contributed by atoms with E-state index in [0.29, 0.717) is 38.4 Å². The van der Waals surface area contributed by atoms with Gasteiger partial charge in [0.25, 0.3) is 5.91 Å². The number of carbonyl (C=O) groups is 1. The van der Waals surface area contributed by atoms with Gasteiger partial charge in [-0.15, -0.1) is 0 Å². The zero-order valence-corrected chi connectivity index (χ0v) is 18.7. The standard InChI is InChI=1S/C22H29FN4O3S/c1-24-17-20(31(29,30)27-12-3-2-4-13-27)16-21(24)22(28)26-11-5-10-25(14-15-26)19-8-6-18(23)7-9-19/h6-9,16-17H,2-5,10-15H2,1H3. The van der Waals surface area contributed by atoms with Gasteiger partial charge < -0.3 is 14.4 Å². The fraction of sp³-hybridized carbons (Fsp3) is 0.500. The van der Waals surface area contributed by atoms with Crippen LogP contribution in [0.15, 0.2) is 41.4 Å². The average Bonchev–Trinajstić information content (AvgIpc) is 3.01. The first-order chi connectivity index (χ1) is 14.9. The summed E-state index contributed by atoms with van der Waals surface area (Å²) in [6.07, 6.45) is 5.12. The molecule has 31 heavy (non-hydrogen) atoms. The third kappa shape index (κ3) is 4.62. The molecule has 0 spiro atoms. The molecule has 2 aliphatic heterocycles. The Hall–Kier alpha value is -2.39. The molecule has 168 valence electrons. The van der Waals surface area contributed by atoms with Gasteiger partial charge in [0.2, 0.25) is 10.0 Å². The maximum absolute atomic E-state index is 13.2. The Bertz CT molecular complexity index is 1030. The molecule has 0 unspecified atom stereocenters. The van der Waals surface area contributed by atoms with Gasteiger partial charge >= 0.3 is 0 Å². The molecule has 1 aromatic carbocycles. The van der Waals surface area contributed by atoms with Gasteiger partial charge in [0.1, 0.15) is 16.4 Å². The summed E-state index contributed by atoms with van der Waals surface area (Å²) in [5.41, 5.74) is 1.32. The number of anilines is 1. The molecule has 2 saturated heterocycles. The van der Waals surface area contributed by atoms with Gasteiger partial charge in [0.05, 0.1) is 0 Å². The molecule has 1 aromatic heterocycles. The van der Waals surface area contributed by atoms with Crippen molar-refractivity contribution in [2.24, 2.45) is 7.05 Å². The minimum absolute atomic E-state index is 0.163. The Kier molecular flexibility index (Phi) is 6.34. The number of aryl methyl sites for hydroxylation is 1. The summed E-state index contributed by atoms with van der Waals surface area (Å²) in [6.45, 7) is 3.60. The van der Waals surface area contributed by atoms with Gasteiger partial charge in [-0.3, -0.25) is 4.79 Å². The molecular weight excluding hydrogens is 419 g/mol. The highest BCUT2D eigenvalue weighted by atomic mass is 32.2. The zero-order chi connectivity index (χ0) is 22.0. The number of halogens is 1. The lowest BCUT2D eigenvalue weighted by Crippen LogP contribution is -2.36. The molecule has 0 N–H and O–H groups in total. The minimum atomic E-state index is -3.58. The van der Waals surface area contributed by atoms with Crippen molar-refractivity contribution in [1.82, 2.24) is 13.8 Å². The minimum Gasteiger partial charge on any atom is -0.370 e. The monoisotopic (exact) mass is 448 g/mol. The van der Waals surface area contributed by atoms with Crippen LogP contribution in [0.1, 0.15) is 36.2 Å². The number of sulfonamides is 1. The molecule has 0 saturated carbocycles. The van der Waals surface area contributed by atoms with E-state index in [0.717, 1.165) is 37.9 Å². The Morgan fingerprint density at radius 3 is 2.32 bits per heavy atom. The Balaban J connectivity index is 1.47. The summed E-state index contributed by atoms with van der Waals surface area (Å²) in [5.74, 6) is -0.432. The molecule has 4 rings (SSSR count). The van der Waals surface area contributed by atoms with Crippen LogP contribution in [-0.4, -0.2) is 67.4 Å². The fourth-order valence-electron chi connectivity index (χ4n) is 4.33. The molecule has 2 aromatic rings. The van der Waals surface area contributed by atoms with E-state index in [2.05, 4.69) is 4.90 Å². The lowest BCUT2D eigenvalue weighted by Gasteiger charge is -2.25. The first-order valence-corrected chi connectivity index (χ1v) is 12.3. The lowest BCUT2D eigenvalue weighted by atomic mass is 10.2. The highest BCUT2D eigenvalue weighted by Gasteiger charge is 2.30. The fourth-order valence-corrected chi connectivity index (χ4v) is 5.92. The number of piperidine rings is 1. The molecular formula is C22H29FN4O3S. The predicted octanol–water partition coefficient (Wildman–Crippen LogP) is 2.69. The summed E-state index contributed by atoms with van der Waals surface area (Å²) in [5, 5.41) is 0. The summed E-state index contributed by atoms with van der Waals surface area (Å²) >= 11 is 0. The zero-order valence-electron chi connectivity index (χ0n) is 17.8. The number of aromatic nitrogens is 1. The van der Waals surface area contributed by atoms with E-state index in [1.54, 1.807) is 34.8 Å². The van der Waals surface area contributed by atoms with Crippen LogP contribution >= 0.6 is 0 Å². The van der Waals surface area contributed by atoms with Gasteiger partial charge in [0.15, 0.2) is 0 Å². The summed E-state index contributed by atoms with van der Waals surface area (Å²) in [4.78, 5) is 17.3. The van der Waals surface area contributed by atoms with Gasteiger partial charge in [-0.2, -0.15) is 4.31 Å².